The van der Waals surface area contributed by atoms with Crippen molar-refractivity contribution in [2.75, 3.05) is 13.4 Å². The molecular formula is C24H19ClN2O5S. The highest BCUT2D eigenvalue weighted by atomic mass is 35.5. The Morgan fingerprint density at radius 1 is 1.24 bits per heavy atom. The van der Waals surface area contributed by atoms with Crippen molar-refractivity contribution in [3.63, 3.8) is 0 Å². The third-order valence-electron chi connectivity index (χ3n) is 5.40. The van der Waals surface area contributed by atoms with E-state index in [1.807, 2.05) is 18.2 Å². The number of thiazole rings is 1. The lowest BCUT2D eigenvalue weighted by Crippen LogP contribution is -2.39. The van der Waals surface area contributed by atoms with Gasteiger partial charge in [0.1, 0.15) is 0 Å². The van der Waals surface area contributed by atoms with Gasteiger partial charge in [0.05, 0.1) is 28.5 Å². The number of carbonyl (C=O) groups is 1. The fraction of sp³-hybridized carbons (Fsp3) is 0.208. The highest BCUT2D eigenvalue weighted by Gasteiger charge is 2.34. The van der Waals surface area contributed by atoms with Crippen LogP contribution in [-0.4, -0.2) is 23.9 Å². The lowest BCUT2D eigenvalue weighted by Gasteiger charge is -2.24. The van der Waals surface area contributed by atoms with Crippen molar-refractivity contribution in [2.45, 2.75) is 19.9 Å². The summed E-state index contributed by atoms with van der Waals surface area (Å²) in [5, 5.41) is 0.617. The van der Waals surface area contributed by atoms with E-state index in [0.29, 0.717) is 42.7 Å². The van der Waals surface area contributed by atoms with E-state index in [0.717, 1.165) is 5.56 Å². The molecule has 2 aromatic carbocycles. The maximum Gasteiger partial charge on any atom is 0.338 e. The number of hydrogen-bond donors (Lipinski definition) is 0. The average Bonchev–Trinajstić information content (AvgIpc) is 3.38. The Labute approximate surface area is 197 Å². The van der Waals surface area contributed by atoms with E-state index < -0.39 is 12.0 Å². The molecule has 2 aliphatic rings. The maximum atomic E-state index is 13.6. The molecule has 0 bridgehead atoms. The van der Waals surface area contributed by atoms with E-state index in [1.54, 1.807) is 48.8 Å². The summed E-state index contributed by atoms with van der Waals surface area (Å²) in [7, 11) is 0. The minimum atomic E-state index is -0.706. The van der Waals surface area contributed by atoms with Crippen LogP contribution >= 0.6 is 22.9 Å². The first-order chi connectivity index (χ1) is 16.0. The number of nitrogens with zero attached hydrogens (tertiary/aromatic N) is 2. The number of allylic oxidation sites excluding steroid dienone is 1. The van der Waals surface area contributed by atoms with Crippen LogP contribution < -0.4 is 24.4 Å². The zero-order valence-corrected chi connectivity index (χ0v) is 19.4. The van der Waals surface area contributed by atoms with Crippen LogP contribution in [0.4, 0.5) is 0 Å². The Bertz CT molecular complexity index is 1470. The molecule has 0 unspecified atom stereocenters. The second-order valence-electron chi connectivity index (χ2n) is 7.47. The van der Waals surface area contributed by atoms with E-state index in [1.165, 1.54) is 11.3 Å². The van der Waals surface area contributed by atoms with E-state index in [9.17, 15) is 9.59 Å². The number of esters is 1. The number of hydrogen-bond acceptors (Lipinski definition) is 7. The largest absolute Gasteiger partial charge is 0.463 e. The summed E-state index contributed by atoms with van der Waals surface area (Å²) >= 11 is 7.25. The quantitative estimate of drug-likeness (QED) is 0.534. The van der Waals surface area contributed by atoms with Gasteiger partial charge in [0.25, 0.3) is 5.56 Å². The van der Waals surface area contributed by atoms with Crippen LogP contribution in [0, 0.1) is 0 Å². The van der Waals surface area contributed by atoms with Crippen molar-refractivity contribution in [1.29, 1.82) is 0 Å². The van der Waals surface area contributed by atoms with Crippen LogP contribution in [-0.2, 0) is 9.53 Å². The molecule has 9 heteroatoms. The first-order valence-electron chi connectivity index (χ1n) is 10.3. The summed E-state index contributed by atoms with van der Waals surface area (Å²) in [6.07, 6.45) is 1.79. The molecule has 2 aliphatic heterocycles. The second-order valence-corrected chi connectivity index (χ2v) is 8.91. The minimum absolute atomic E-state index is 0.127. The molecule has 3 aromatic rings. The summed E-state index contributed by atoms with van der Waals surface area (Å²) < 4.78 is 18.3. The number of ether oxygens (including phenoxy) is 3. The second kappa shape index (κ2) is 8.53. The molecule has 0 fully saturated rings. The van der Waals surface area contributed by atoms with Crippen molar-refractivity contribution < 1.29 is 19.0 Å². The molecule has 0 amide bonds. The highest BCUT2D eigenvalue weighted by Crippen LogP contribution is 2.38. The summed E-state index contributed by atoms with van der Waals surface area (Å²) in [5.74, 6) is 0.675. The normalized spacial score (nSPS) is 17.1. The summed E-state index contributed by atoms with van der Waals surface area (Å²) in [4.78, 5) is 31.6. The fourth-order valence-electron chi connectivity index (χ4n) is 3.90. The lowest BCUT2D eigenvalue weighted by molar-refractivity contribution is -0.139. The number of carbonyl (C=O) groups excluding carboxylic acids is 1. The molecule has 0 saturated heterocycles. The predicted octanol–water partition coefficient (Wildman–Crippen LogP) is 3.18. The third-order valence-corrected chi connectivity index (χ3v) is 6.63. The Hall–Kier alpha value is -3.36. The van der Waals surface area contributed by atoms with Gasteiger partial charge in [-0.05, 0) is 55.3 Å². The van der Waals surface area contributed by atoms with Crippen LogP contribution in [0.3, 0.4) is 0 Å². The Morgan fingerprint density at radius 3 is 2.76 bits per heavy atom. The van der Waals surface area contributed by atoms with Crippen LogP contribution in [0.25, 0.3) is 6.08 Å². The molecule has 0 spiro atoms. The fourth-order valence-corrected chi connectivity index (χ4v) is 5.07. The summed E-state index contributed by atoms with van der Waals surface area (Å²) in [6.45, 7) is 3.83. The lowest BCUT2D eigenvalue weighted by atomic mass is 9.95. The number of fused-ring (bicyclic) bond motifs is 2. The van der Waals surface area contributed by atoms with E-state index in [4.69, 9.17) is 25.8 Å². The van der Waals surface area contributed by atoms with Gasteiger partial charge in [0.15, 0.2) is 16.3 Å². The van der Waals surface area contributed by atoms with Gasteiger partial charge >= 0.3 is 5.97 Å². The molecule has 1 atom stereocenters. The van der Waals surface area contributed by atoms with Crippen molar-refractivity contribution in [3.05, 3.63) is 89.6 Å². The Morgan fingerprint density at radius 2 is 2.00 bits per heavy atom. The molecule has 33 heavy (non-hydrogen) atoms. The van der Waals surface area contributed by atoms with Crippen molar-refractivity contribution in [3.8, 4) is 11.5 Å². The first-order valence-corrected chi connectivity index (χ1v) is 11.5. The van der Waals surface area contributed by atoms with Crippen LogP contribution in [0.2, 0.25) is 5.02 Å². The zero-order valence-electron chi connectivity index (χ0n) is 17.8. The standard InChI is InChI=1S/C24H19ClN2O5S/c1-3-30-23(29)20-13(2)26-24-27(21(20)15-6-9-17-18(11-15)32-12-31-17)22(28)19(33-24)10-14-4-7-16(25)8-5-14/h4-11,21H,3,12H2,1-2H3/b19-10-/t21-/m1/s1. The van der Waals surface area contributed by atoms with Crippen molar-refractivity contribution in [2.24, 2.45) is 4.99 Å². The SMILES string of the molecule is CCOC(=O)C1=C(C)N=c2s/c(=C\c3ccc(Cl)cc3)c(=O)n2[C@@H]1c1ccc2c(c1)OCO2. The van der Waals surface area contributed by atoms with Crippen LogP contribution in [0.15, 0.2) is 63.5 Å². The zero-order chi connectivity index (χ0) is 23.1. The third kappa shape index (κ3) is 3.85. The van der Waals surface area contributed by atoms with Gasteiger partial charge in [-0.25, -0.2) is 9.79 Å². The molecule has 1 aromatic heterocycles. The Kier molecular flexibility index (Phi) is 5.55. The average molecular weight is 483 g/mol. The van der Waals surface area contributed by atoms with Gasteiger partial charge in [0, 0.05) is 5.02 Å². The number of rotatable bonds is 4. The number of aromatic nitrogens is 1. The molecule has 3 heterocycles. The summed E-state index contributed by atoms with van der Waals surface area (Å²) in [6, 6.07) is 11.9. The maximum absolute atomic E-state index is 13.6. The number of halogens is 1. The van der Waals surface area contributed by atoms with E-state index >= 15 is 0 Å². The number of benzene rings is 2. The molecule has 0 N–H and O–H groups in total. The minimum Gasteiger partial charge on any atom is -0.463 e. The molecule has 0 saturated carbocycles. The smallest absolute Gasteiger partial charge is 0.338 e. The van der Waals surface area contributed by atoms with Crippen molar-refractivity contribution in [1.82, 2.24) is 4.57 Å². The van der Waals surface area contributed by atoms with Gasteiger partial charge < -0.3 is 14.2 Å². The first kappa shape index (κ1) is 21.5. The van der Waals surface area contributed by atoms with Gasteiger partial charge in [-0.1, -0.05) is 41.1 Å². The van der Waals surface area contributed by atoms with Gasteiger partial charge in [0.2, 0.25) is 6.79 Å². The van der Waals surface area contributed by atoms with E-state index in [-0.39, 0.29) is 19.0 Å². The van der Waals surface area contributed by atoms with Gasteiger partial charge in [-0.3, -0.25) is 9.36 Å². The molecule has 0 aliphatic carbocycles. The molecule has 168 valence electrons. The van der Waals surface area contributed by atoms with Crippen LogP contribution in [0.5, 0.6) is 11.5 Å². The van der Waals surface area contributed by atoms with Crippen molar-refractivity contribution >= 4 is 35.0 Å². The Balaban J connectivity index is 1.72. The van der Waals surface area contributed by atoms with Gasteiger partial charge in [-0.15, -0.1) is 0 Å². The molecular weight excluding hydrogens is 464 g/mol. The predicted molar refractivity (Wildman–Crippen MR) is 124 cm³/mol. The monoisotopic (exact) mass is 482 g/mol. The topological polar surface area (TPSA) is 79.1 Å². The molecule has 7 nitrogen and oxygen atoms in total. The molecule has 5 rings (SSSR count). The van der Waals surface area contributed by atoms with Gasteiger partial charge in [-0.2, -0.15) is 0 Å². The summed E-state index contributed by atoms with van der Waals surface area (Å²) in [5.41, 5.74) is 2.13. The highest BCUT2D eigenvalue weighted by molar-refractivity contribution is 7.07. The van der Waals surface area contributed by atoms with Crippen LogP contribution in [0.1, 0.15) is 31.0 Å². The molecule has 0 radical (unpaired) electrons. The van der Waals surface area contributed by atoms with E-state index in [2.05, 4.69) is 4.99 Å².